The maximum absolute atomic E-state index is 13.2. The molecule has 1 unspecified atom stereocenters. The summed E-state index contributed by atoms with van der Waals surface area (Å²) in [7, 11) is 0. The third kappa shape index (κ3) is 3.82. The second-order valence-electron chi connectivity index (χ2n) is 8.51. The first-order valence-corrected chi connectivity index (χ1v) is 10.7. The first-order valence-electron chi connectivity index (χ1n) is 10.7. The smallest absolute Gasteiger partial charge is 0.251 e. The van der Waals surface area contributed by atoms with Gasteiger partial charge in [0.2, 0.25) is 5.78 Å². The number of rotatable bonds is 4. The Morgan fingerprint density at radius 1 is 0.938 bits per heavy atom. The molecule has 1 aliphatic heterocycles. The summed E-state index contributed by atoms with van der Waals surface area (Å²) in [4.78, 5) is 32.3. The van der Waals surface area contributed by atoms with Crippen LogP contribution in [0.4, 0.5) is 5.69 Å². The summed E-state index contributed by atoms with van der Waals surface area (Å²) in [6, 6.07) is 17.7. The highest BCUT2D eigenvalue weighted by atomic mass is 16.3. The number of hydrogen-bond acceptors (Lipinski definition) is 5. The van der Waals surface area contributed by atoms with E-state index in [0.29, 0.717) is 22.7 Å². The van der Waals surface area contributed by atoms with Crippen LogP contribution in [0.1, 0.15) is 53.8 Å². The Morgan fingerprint density at radius 3 is 2.16 bits per heavy atom. The highest BCUT2D eigenvalue weighted by molar-refractivity contribution is 6.50. The van der Waals surface area contributed by atoms with Gasteiger partial charge in [-0.3, -0.25) is 14.6 Å². The van der Waals surface area contributed by atoms with E-state index in [2.05, 4.69) is 18.8 Å². The number of carbonyl (C=O) groups is 2. The predicted octanol–water partition coefficient (Wildman–Crippen LogP) is 5.45. The Balaban J connectivity index is 1.91. The van der Waals surface area contributed by atoms with E-state index >= 15 is 0 Å². The second-order valence-corrected chi connectivity index (χ2v) is 8.51. The summed E-state index contributed by atoms with van der Waals surface area (Å²) in [5.41, 5.74) is 4.73. The number of allylic oxidation sites excluding steroid dienone is 1. The van der Waals surface area contributed by atoms with Crippen molar-refractivity contribution in [3.05, 3.63) is 101 Å². The molecule has 2 heterocycles. The quantitative estimate of drug-likeness (QED) is 0.341. The Hall–Kier alpha value is -3.73. The Labute approximate surface area is 188 Å². The van der Waals surface area contributed by atoms with Crippen molar-refractivity contribution in [2.24, 2.45) is 0 Å². The molecule has 0 bridgehead atoms. The molecule has 4 rings (SSSR count). The average molecular weight is 427 g/mol. The van der Waals surface area contributed by atoms with Crippen LogP contribution in [0.3, 0.4) is 0 Å². The topological polar surface area (TPSA) is 70.5 Å². The van der Waals surface area contributed by atoms with E-state index < -0.39 is 17.6 Å². The van der Waals surface area contributed by atoms with Gasteiger partial charge in [0.25, 0.3) is 5.78 Å². The molecule has 5 heteroatoms. The van der Waals surface area contributed by atoms with Crippen LogP contribution in [0.5, 0.6) is 0 Å². The third-order valence-electron chi connectivity index (χ3n) is 5.82. The van der Waals surface area contributed by atoms with Gasteiger partial charge < -0.3 is 10.0 Å². The lowest BCUT2D eigenvalue weighted by molar-refractivity contribution is -0.133. The minimum absolute atomic E-state index is 0.0123. The van der Waals surface area contributed by atoms with Crippen molar-refractivity contribution in [1.29, 1.82) is 0 Å². The number of nitrogens with zero attached hydrogens (tertiary/aromatic N) is 2. The minimum Gasteiger partial charge on any atom is -0.505 e. The molecule has 3 aromatic rings. The maximum Gasteiger partial charge on any atom is 0.251 e. The Kier molecular flexibility index (Phi) is 5.66. The second kappa shape index (κ2) is 8.42. The van der Waals surface area contributed by atoms with Gasteiger partial charge in [-0.25, -0.2) is 0 Å². The number of Topliss-reactive ketones (excluding diaryl/α,β-unsaturated/α-hetero) is 2. The number of aliphatic hydroxyl groups excluding tert-OH is 1. The number of carbonyl (C=O) groups excluding carboxylic acids is 2. The van der Waals surface area contributed by atoms with Crippen LogP contribution < -0.4 is 4.90 Å². The van der Waals surface area contributed by atoms with Crippen molar-refractivity contribution in [1.82, 2.24) is 4.98 Å². The molecule has 0 spiro atoms. The molecular formula is C27H26N2O3. The summed E-state index contributed by atoms with van der Waals surface area (Å²) < 4.78 is 0. The number of benzene rings is 2. The SMILES string of the molecule is Cc1ccc(C(O)=C2C(=O)C(=O)C(c3ccc(C)nc3)N2c2ccc(C(C)C)cc2)cc1. The molecule has 1 fully saturated rings. The van der Waals surface area contributed by atoms with Gasteiger partial charge in [0.1, 0.15) is 11.7 Å². The summed E-state index contributed by atoms with van der Waals surface area (Å²) in [6.07, 6.45) is 1.62. The molecular weight excluding hydrogens is 400 g/mol. The zero-order valence-electron chi connectivity index (χ0n) is 18.7. The lowest BCUT2D eigenvalue weighted by Crippen LogP contribution is -2.25. The lowest BCUT2D eigenvalue weighted by Gasteiger charge is -2.27. The van der Waals surface area contributed by atoms with Gasteiger partial charge in [-0.15, -0.1) is 0 Å². The van der Waals surface area contributed by atoms with Crippen molar-refractivity contribution < 1.29 is 14.7 Å². The molecule has 2 aromatic carbocycles. The molecule has 0 amide bonds. The van der Waals surface area contributed by atoms with Crippen LogP contribution in [0.2, 0.25) is 0 Å². The fourth-order valence-corrected chi connectivity index (χ4v) is 3.91. The zero-order valence-corrected chi connectivity index (χ0v) is 18.7. The molecule has 32 heavy (non-hydrogen) atoms. The van der Waals surface area contributed by atoms with E-state index in [-0.39, 0.29) is 11.5 Å². The molecule has 0 aliphatic carbocycles. The Morgan fingerprint density at radius 2 is 1.59 bits per heavy atom. The van der Waals surface area contributed by atoms with E-state index in [1.54, 1.807) is 29.3 Å². The molecule has 0 saturated carbocycles. The van der Waals surface area contributed by atoms with E-state index in [1.807, 2.05) is 56.3 Å². The molecule has 1 N–H and O–H groups in total. The standard InChI is InChI=1S/C27H26N2O3/c1-16(2)19-11-13-22(14-12-19)29-23(21-10-7-18(4)28-15-21)26(31)27(32)24(29)25(30)20-8-5-17(3)6-9-20/h5-16,23,30H,1-4H3. The van der Waals surface area contributed by atoms with E-state index in [9.17, 15) is 14.7 Å². The Bertz CT molecular complexity index is 1190. The lowest BCUT2D eigenvalue weighted by atomic mass is 10.0. The van der Waals surface area contributed by atoms with E-state index in [0.717, 1.165) is 16.8 Å². The monoisotopic (exact) mass is 426 g/mol. The number of pyridine rings is 1. The first-order chi connectivity index (χ1) is 15.3. The molecule has 1 saturated heterocycles. The van der Waals surface area contributed by atoms with E-state index in [1.165, 1.54) is 0 Å². The van der Waals surface area contributed by atoms with Gasteiger partial charge in [-0.05, 0) is 43.5 Å². The number of ketones is 2. The van der Waals surface area contributed by atoms with Crippen molar-refractivity contribution in [2.75, 3.05) is 4.90 Å². The summed E-state index contributed by atoms with van der Waals surface area (Å²) in [5.74, 6) is -1.16. The summed E-state index contributed by atoms with van der Waals surface area (Å²) in [6.45, 7) is 8.02. The van der Waals surface area contributed by atoms with Crippen LogP contribution >= 0.6 is 0 Å². The molecule has 5 nitrogen and oxygen atoms in total. The third-order valence-corrected chi connectivity index (χ3v) is 5.82. The van der Waals surface area contributed by atoms with Crippen molar-refractivity contribution in [2.45, 2.75) is 39.7 Å². The fourth-order valence-electron chi connectivity index (χ4n) is 3.91. The highest BCUT2D eigenvalue weighted by Crippen LogP contribution is 2.41. The number of anilines is 1. The summed E-state index contributed by atoms with van der Waals surface area (Å²) >= 11 is 0. The maximum atomic E-state index is 13.2. The number of aliphatic hydroxyl groups is 1. The first kappa shape index (κ1) is 21.5. The van der Waals surface area contributed by atoms with Gasteiger partial charge >= 0.3 is 0 Å². The van der Waals surface area contributed by atoms with Crippen molar-refractivity contribution >= 4 is 23.0 Å². The van der Waals surface area contributed by atoms with Crippen LogP contribution in [-0.4, -0.2) is 21.7 Å². The fraction of sp³-hybridized carbons (Fsp3) is 0.222. The van der Waals surface area contributed by atoms with Gasteiger partial charge in [-0.2, -0.15) is 0 Å². The van der Waals surface area contributed by atoms with Crippen molar-refractivity contribution in [3.8, 4) is 0 Å². The minimum atomic E-state index is -0.886. The summed E-state index contributed by atoms with van der Waals surface area (Å²) in [5, 5.41) is 11.1. The van der Waals surface area contributed by atoms with Crippen LogP contribution in [-0.2, 0) is 9.59 Å². The normalized spacial score (nSPS) is 17.9. The molecule has 0 radical (unpaired) electrons. The largest absolute Gasteiger partial charge is 0.505 e. The average Bonchev–Trinajstić information content (AvgIpc) is 3.05. The zero-order chi connectivity index (χ0) is 23.0. The number of hydrogen-bond donors (Lipinski definition) is 1. The van der Waals surface area contributed by atoms with Crippen LogP contribution in [0, 0.1) is 13.8 Å². The number of aromatic nitrogens is 1. The van der Waals surface area contributed by atoms with Crippen LogP contribution in [0.15, 0.2) is 72.6 Å². The number of aryl methyl sites for hydroxylation is 2. The van der Waals surface area contributed by atoms with Gasteiger partial charge in [0, 0.05) is 28.7 Å². The van der Waals surface area contributed by atoms with Gasteiger partial charge in [-0.1, -0.05) is 61.9 Å². The van der Waals surface area contributed by atoms with Crippen LogP contribution in [0.25, 0.3) is 5.76 Å². The van der Waals surface area contributed by atoms with Gasteiger partial charge in [0.15, 0.2) is 5.76 Å². The molecule has 1 atom stereocenters. The van der Waals surface area contributed by atoms with Gasteiger partial charge in [0.05, 0.1) is 0 Å². The van der Waals surface area contributed by atoms with Crippen molar-refractivity contribution in [3.63, 3.8) is 0 Å². The predicted molar refractivity (Wildman–Crippen MR) is 125 cm³/mol. The highest BCUT2D eigenvalue weighted by Gasteiger charge is 2.47. The van der Waals surface area contributed by atoms with E-state index in [4.69, 9.17) is 0 Å². The molecule has 1 aromatic heterocycles. The molecule has 1 aliphatic rings. The molecule has 162 valence electrons.